The lowest BCUT2D eigenvalue weighted by molar-refractivity contribution is 0.357. The third-order valence-corrected chi connectivity index (χ3v) is 18.3. The highest BCUT2D eigenvalue weighted by atomic mass is 32.2. The fourth-order valence-corrected chi connectivity index (χ4v) is 13.3. The molecule has 8 heterocycles. The standard InChI is InChI=1S/C9H10.C9H8.C8H9N.C8H7N.C8H8O.C8H8S.C8H6S.C7H6N2.C7H5NO.C7H5NS.20C2H6/c2*1-2-5-9-7-3-6-8(9)4-1;1-2-7-4-5-9-6-8(7)3-1;1-2-4-8-6-9-5-7(8)3-1;3*1-2-4-8-7(3-1)5-6-9-8;3*1-2-4-7-6(3-1)8-5-9-7;20*1-2/h1-2,4-5H,3,6-7H2;1-6H,7H2;4-6H,1-3H2;1-5H,6H2;2*1-4H,5-6H2;1-6H;1-5H,(H,8,9);2*1-5H;20*1-2H3. The van der Waals surface area contributed by atoms with E-state index in [9.17, 15) is 0 Å². The first-order valence-corrected chi connectivity index (χ1v) is 53.5. The predicted octanol–water partition coefficient (Wildman–Crippen LogP) is 40.7. The van der Waals surface area contributed by atoms with E-state index < -0.39 is 0 Å². The number of aliphatic imine (C=N–C) groups is 1. The number of allylic oxidation sites excluding steroid dienone is 1. The van der Waals surface area contributed by atoms with Gasteiger partial charge in [-0.15, -0.1) is 34.4 Å². The van der Waals surface area contributed by atoms with Crippen molar-refractivity contribution >= 4 is 89.2 Å². The number of imidazole rings is 1. The number of thioether (sulfide) groups is 1. The normalized spacial score (nSPS) is 9.91. The Morgan fingerprint density at radius 3 is 1.29 bits per heavy atom. The molecule has 130 heavy (non-hydrogen) atoms. The number of aromatic nitrogens is 5. The molecule has 1 N–H and O–H groups in total. The smallest absolute Gasteiger partial charge is 0.181 e. The average Bonchev–Trinajstić information content (AvgIpc) is 1.80. The van der Waals surface area contributed by atoms with Gasteiger partial charge in [0.25, 0.3) is 0 Å². The largest absolute Gasteiger partial charge is 0.493 e. The summed E-state index contributed by atoms with van der Waals surface area (Å²) in [5.74, 6) is 2.34. The Kier molecular flexibility index (Phi) is 125. The van der Waals surface area contributed by atoms with Crippen LogP contribution < -0.4 is 4.74 Å². The number of thiophene rings is 1. The first kappa shape index (κ1) is 141. The molecule has 5 aromatic heterocycles. The van der Waals surface area contributed by atoms with E-state index in [2.05, 4.69) is 181 Å². The third kappa shape index (κ3) is 63.5. The zero-order chi connectivity index (χ0) is 101. The van der Waals surface area contributed by atoms with Crippen LogP contribution in [0, 0.1) is 0 Å². The minimum absolute atomic E-state index is 0.845. The molecule has 8 nitrogen and oxygen atoms in total. The molecule has 11 heteroatoms. The Hall–Kier alpha value is -9.52. The molecule has 0 fully saturated rings. The Balaban J connectivity index is -0.000000147. The molecular weight excluding hydrogens is 1640 g/mol. The van der Waals surface area contributed by atoms with Crippen molar-refractivity contribution in [3.8, 4) is 5.75 Å². The summed E-state index contributed by atoms with van der Waals surface area (Å²) in [6.45, 7) is 81.7. The molecule has 0 atom stereocenters. The molecule has 0 saturated carbocycles. The van der Waals surface area contributed by atoms with Gasteiger partial charge in [0.1, 0.15) is 11.3 Å². The highest BCUT2D eigenvalue weighted by Gasteiger charge is 2.11. The lowest BCUT2D eigenvalue weighted by Crippen LogP contribution is -1.85. The van der Waals surface area contributed by atoms with Crippen molar-refractivity contribution in [3.05, 3.63) is 328 Å². The fraction of sp³-hybridized carbons (Fsp3) is 0.437. The van der Waals surface area contributed by atoms with E-state index in [0.717, 1.165) is 59.4 Å². The fourth-order valence-electron chi connectivity index (χ4n) is 10.8. The Morgan fingerprint density at radius 2 is 0.777 bits per heavy atom. The summed E-state index contributed by atoms with van der Waals surface area (Å²) in [6, 6.07) is 78.7. The van der Waals surface area contributed by atoms with E-state index in [1.54, 1.807) is 40.1 Å². The van der Waals surface area contributed by atoms with E-state index in [1.165, 1.54) is 121 Å². The van der Waals surface area contributed by atoms with Crippen LogP contribution in [0.1, 0.15) is 345 Å². The Morgan fingerprint density at radius 1 is 0.331 bits per heavy atom. The molecule has 20 rings (SSSR count). The van der Waals surface area contributed by atoms with E-state index in [-0.39, 0.29) is 0 Å². The van der Waals surface area contributed by atoms with Crippen LogP contribution in [-0.4, -0.2) is 43.5 Å². The number of hydrogen-bond donors (Lipinski definition) is 1. The van der Waals surface area contributed by atoms with E-state index in [0.29, 0.717) is 0 Å². The van der Waals surface area contributed by atoms with Crippen LogP contribution in [0.25, 0.3) is 48.5 Å². The lowest BCUT2D eigenvalue weighted by atomic mass is 10.1. The van der Waals surface area contributed by atoms with Crippen molar-refractivity contribution in [1.82, 2.24) is 24.9 Å². The lowest BCUT2D eigenvalue weighted by Gasteiger charge is -1.93. The maximum absolute atomic E-state index is 5.30. The summed E-state index contributed by atoms with van der Waals surface area (Å²) in [6.07, 6.45) is 24.6. The summed E-state index contributed by atoms with van der Waals surface area (Å²) in [5.41, 5.74) is 21.3. The molecule has 0 saturated heterocycles. The molecule has 6 aliphatic rings. The van der Waals surface area contributed by atoms with Gasteiger partial charge in [0.15, 0.2) is 12.0 Å². The predicted molar refractivity (Wildman–Crippen MR) is 607 cm³/mol. The quantitative estimate of drug-likeness (QED) is 0.161. The van der Waals surface area contributed by atoms with Crippen LogP contribution in [-0.2, 0) is 51.5 Å². The highest BCUT2D eigenvalue weighted by molar-refractivity contribution is 7.99. The van der Waals surface area contributed by atoms with Crippen molar-refractivity contribution in [2.45, 2.75) is 346 Å². The molecule has 0 radical (unpaired) electrons. The number of pyridine rings is 1. The Labute approximate surface area is 814 Å². The Bertz CT molecular complexity index is 3780. The number of H-pyrrole nitrogens is 1. The number of nitrogens with zero attached hydrogens (tertiary/aromatic N) is 5. The number of benzene rings is 9. The number of nitrogens with one attached hydrogen (secondary N) is 1. The highest BCUT2D eigenvalue weighted by Crippen LogP contribution is 2.30. The summed E-state index contributed by atoms with van der Waals surface area (Å²) in [4.78, 5) is 24.8. The van der Waals surface area contributed by atoms with Crippen molar-refractivity contribution in [1.29, 1.82) is 0 Å². The second kappa shape index (κ2) is 116. The van der Waals surface area contributed by atoms with Gasteiger partial charge >= 0.3 is 0 Å². The maximum Gasteiger partial charge on any atom is 0.181 e. The van der Waals surface area contributed by atoms with Crippen molar-refractivity contribution < 1.29 is 9.15 Å². The number of thiazole rings is 1. The van der Waals surface area contributed by atoms with Crippen LogP contribution in [0.2, 0.25) is 0 Å². The van der Waals surface area contributed by atoms with Gasteiger partial charge in [-0.25, -0.2) is 15.0 Å². The molecule has 3 aliphatic carbocycles. The van der Waals surface area contributed by atoms with Crippen LogP contribution in [0.3, 0.4) is 0 Å². The third-order valence-electron chi connectivity index (χ3n) is 15.5. The first-order chi connectivity index (χ1) is 64.7. The zero-order valence-electron chi connectivity index (χ0n) is 90.4. The number of aryl methyl sites for hydroxylation is 5. The van der Waals surface area contributed by atoms with Crippen LogP contribution in [0.15, 0.2) is 287 Å². The summed E-state index contributed by atoms with van der Waals surface area (Å²) in [5, 5.41) is 3.47. The number of hydrogen-bond acceptors (Lipinski definition) is 10. The van der Waals surface area contributed by atoms with Crippen LogP contribution >= 0.6 is 34.4 Å². The zero-order valence-corrected chi connectivity index (χ0v) is 92.8. The van der Waals surface area contributed by atoms with E-state index >= 15 is 0 Å². The minimum atomic E-state index is 0.845. The molecular formula is C119H192N6O2S3. The monoisotopic (exact) mass is 1830 g/mol. The van der Waals surface area contributed by atoms with Gasteiger partial charge in [0.05, 0.1) is 46.2 Å². The number of aromatic amines is 1. The number of fused-ring (bicyclic) bond motifs is 10. The SMILES string of the molecule is C1=Cc2ccccc2C1.C1=NCc2ccccc21.CC.CC.CC.CC.CC.CC.CC.CC.CC.CC.CC.CC.CC.CC.CC.CC.CC.CC.CC.CC.c1cc2c(cn1)CCC2.c1ccc2[nH]cnc2c1.c1ccc2c(c1)CCC2.c1ccc2c(c1)CCO2.c1ccc2c(c1)CCS2.c1ccc2ocnc2c1.c1ccc2sccc2c1.c1ccc2scnc2c1. The number of rotatable bonds is 0. The first-order valence-electron chi connectivity index (χ1n) is 50.8. The van der Waals surface area contributed by atoms with Crippen molar-refractivity contribution in [2.24, 2.45) is 4.99 Å². The topological polar surface area (TPSA) is 102 Å². The summed E-state index contributed by atoms with van der Waals surface area (Å²) >= 11 is 5.43. The molecule has 728 valence electrons. The molecule has 14 aromatic rings. The van der Waals surface area contributed by atoms with E-state index in [4.69, 9.17) is 9.15 Å². The maximum atomic E-state index is 5.30. The van der Waals surface area contributed by atoms with Gasteiger partial charge in [-0.05, 0) is 184 Å². The second-order valence-electron chi connectivity index (χ2n) is 21.5. The van der Waals surface area contributed by atoms with Crippen LogP contribution in [0.4, 0.5) is 0 Å². The summed E-state index contributed by atoms with van der Waals surface area (Å²) < 4.78 is 12.9. The number of oxazole rings is 1. The van der Waals surface area contributed by atoms with Crippen molar-refractivity contribution in [3.63, 3.8) is 0 Å². The van der Waals surface area contributed by atoms with Gasteiger partial charge in [0, 0.05) is 40.4 Å². The molecule has 9 aromatic carbocycles. The molecule has 0 amide bonds. The van der Waals surface area contributed by atoms with Gasteiger partial charge < -0.3 is 14.1 Å². The van der Waals surface area contributed by atoms with Gasteiger partial charge in [-0.3, -0.25) is 9.98 Å². The molecule has 3 aliphatic heterocycles. The van der Waals surface area contributed by atoms with E-state index in [1.807, 2.05) is 410 Å². The van der Waals surface area contributed by atoms with Crippen LogP contribution in [0.5, 0.6) is 5.75 Å². The van der Waals surface area contributed by atoms with Gasteiger partial charge in [0.2, 0.25) is 0 Å². The molecule has 0 bridgehead atoms. The average molecular weight is 1840 g/mol. The van der Waals surface area contributed by atoms with Gasteiger partial charge in [-0.1, -0.05) is 453 Å². The molecule has 0 unspecified atom stereocenters. The minimum Gasteiger partial charge on any atom is -0.493 e. The van der Waals surface area contributed by atoms with Crippen molar-refractivity contribution in [2.75, 3.05) is 12.4 Å². The number of para-hydroxylation sites is 6. The van der Waals surface area contributed by atoms with Gasteiger partial charge in [-0.2, -0.15) is 0 Å². The second-order valence-corrected chi connectivity index (χ2v) is 24.5. The molecule has 0 spiro atoms. The summed E-state index contributed by atoms with van der Waals surface area (Å²) in [7, 11) is 0. The number of ether oxygens (including phenoxy) is 1.